The third-order valence-electron chi connectivity index (χ3n) is 9.10. The Morgan fingerprint density at radius 3 is 2.60 bits per heavy atom. The minimum Gasteiger partial charge on any atom is -0.458 e. The van der Waals surface area contributed by atoms with Crippen LogP contribution < -0.4 is 0 Å². The highest BCUT2D eigenvalue weighted by atomic mass is 32.2. The molecule has 10 heteroatoms. The van der Waals surface area contributed by atoms with Crippen LogP contribution in [0.3, 0.4) is 0 Å². The molecular formula is C25H33FO8S. The summed E-state index contributed by atoms with van der Waals surface area (Å²) in [5.74, 6) is -3.32. The number of aliphatic hydroxyl groups excluding tert-OH is 1. The molecule has 0 aromatic heterocycles. The Morgan fingerprint density at radius 1 is 1.26 bits per heavy atom. The van der Waals surface area contributed by atoms with Crippen molar-refractivity contribution in [1.82, 2.24) is 0 Å². The van der Waals surface area contributed by atoms with Crippen molar-refractivity contribution in [3.05, 3.63) is 23.8 Å². The molecule has 0 bridgehead atoms. The normalized spacial score (nSPS) is 42.5. The minimum absolute atomic E-state index is 0.0299. The van der Waals surface area contributed by atoms with E-state index in [-0.39, 0.29) is 41.7 Å². The average molecular weight is 513 g/mol. The zero-order valence-electron chi connectivity index (χ0n) is 20.1. The summed E-state index contributed by atoms with van der Waals surface area (Å²) in [7, 11) is -4.32. The summed E-state index contributed by atoms with van der Waals surface area (Å²) in [5.41, 5.74) is -0.974. The molecule has 194 valence electrons. The SMILES string of the molecule is C[C@@H]1C[C@H]2[C@@H]3C[C@H](F)C4=CC(=O)C=C[C@]4(C)[C@H]3[C@@H](O)C[C@]2(C)[C@H]1C(=O)COC(=O)CCS(=O)(=O)O. The van der Waals surface area contributed by atoms with Gasteiger partial charge in [0.15, 0.2) is 11.6 Å². The van der Waals surface area contributed by atoms with Crippen LogP contribution in [0, 0.1) is 40.4 Å². The fraction of sp³-hybridized carbons (Fsp3) is 0.720. The third kappa shape index (κ3) is 4.53. The lowest BCUT2D eigenvalue weighted by molar-refractivity contribution is -0.154. The number of ether oxygens (including phenoxy) is 1. The second kappa shape index (κ2) is 8.88. The molecule has 3 saturated carbocycles. The lowest BCUT2D eigenvalue weighted by Crippen LogP contribution is -2.58. The first kappa shape index (κ1) is 26.2. The highest BCUT2D eigenvalue weighted by Gasteiger charge is 2.65. The van der Waals surface area contributed by atoms with E-state index in [9.17, 15) is 27.9 Å². The number of aliphatic hydroxyl groups is 1. The van der Waals surface area contributed by atoms with Gasteiger partial charge in [0.25, 0.3) is 10.1 Å². The van der Waals surface area contributed by atoms with Crippen LogP contribution in [0.15, 0.2) is 23.8 Å². The van der Waals surface area contributed by atoms with Gasteiger partial charge in [0.1, 0.15) is 12.8 Å². The van der Waals surface area contributed by atoms with Gasteiger partial charge in [-0.3, -0.25) is 18.9 Å². The maximum Gasteiger partial charge on any atom is 0.307 e. The average Bonchev–Trinajstić information content (AvgIpc) is 3.01. The number of hydrogen-bond donors (Lipinski definition) is 2. The van der Waals surface area contributed by atoms with E-state index in [4.69, 9.17) is 9.29 Å². The summed E-state index contributed by atoms with van der Waals surface area (Å²) in [5, 5.41) is 11.4. The standard InChI is InChI=1S/C25H33FO8S/c1-13-8-16-15-10-18(26)17-9-14(27)4-6-24(17,2)23(15)19(28)11-25(16,3)22(13)20(29)12-34-21(30)5-7-35(31,32)33/h4,6,9,13,15-16,18-19,22-23,28H,5,7-8,10-12H2,1-3H3,(H,31,32,33)/t13-,15+,16+,18+,19+,22-,23-,24+,25+/m1/s1. The predicted octanol–water partition coefficient (Wildman–Crippen LogP) is 2.47. The molecule has 4 aliphatic rings. The summed E-state index contributed by atoms with van der Waals surface area (Å²) in [6, 6.07) is 0. The van der Waals surface area contributed by atoms with Gasteiger partial charge in [-0.25, -0.2) is 4.39 Å². The van der Waals surface area contributed by atoms with E-state index in [1.165, 1.54) is 12.2 Å². The number of halogens is 1. The van der Waals surface area contributed by atoms with Crippen LogP contribution >= 0.6 is 0 Å². The van der Waals surface area contributed by atoms with Gasteiger partial charge in [-0.1, -0.05) is 26.8 Å². The molecule has 8 nitrogen and oxygen atoms in total. The molecule has 0 saturated heterocycles. The summed E-state index contributed by atoms with van der Waals surface area (Å²) >= 11 is 0. The van der Waals surface area contributed by atoms with Crippen molar-refractivity contribution in [3.8, 4) is 0 Å². The second-order valence-electron chi connectivity index (χ2n) is 11.2. The number of fused-ring (bicyclic) bond motifs is 5. The van der Waals surface area contributed by atoms with Crippen LogP contribution in [0.1, 0.15) is 46.5 Å². The maximum atomic E-state index is 15.4. The number of ketones is 2. The van der Waals surface area contributed by atoms with Crippen molar-refractivity contribution in [1.29, 1.82) is 0 Å². The number of carbonyl (C=O) groups excluding carboxylic acids is 3. The van der Waals surface area contributed by atoms with E-state index >= 15 is 4.39 Å². The van der Waals surface area contributed by atoms with Gasteiger partial charge in [-0.2, -0.15) is 8.42 Å². The number of hydrogen-bond acceptors (Lipinski definition) is 7. The van der Waals surface area contributed by atoms with Crippen molar-refractivity contribution >= 4 is 27.7 Å². The van der Waals surface area contributed by atoms with E-state index in [0.717, 1.165) is 0 Å². The summed E-state index contributed by atoms with van der Waals surface area (Å²) in [6.45, 7) is 5.25. The van der Waals surface area contributed by atoms with E-state index < -0.39 is 63.9 Å². The molecule has 0 heterocycles. The quantitative estimate of drug-likeness (QED) is 0.409. The summed E-state index contributed by atoms with van der Waals surface area (Å²) in [6.07, 6.45) is 3.05. The largest absolute Gasteiger partial charge is 0.458 e. The zero-order valence-corrected chi connectivity index (χ0v) is 21.0. The van der Waals surface area contributed by atoms with Crippen LogP contribution in [0.25, 0.3) is 0 Å². The van der Waals surface area contributed by atoms with Crippen LogP contribution in [-0.4, -0.2) is 60.2 Å². The Balaban J connectivity index is 1.54. The molecule has 0 radical (unpaired) electrons. The number of rotatable bonds is 6. The number of Topliss-reactive ketones (excluding diaryl/α,β-unsaturated/α-hetero) is 1. The van der Waals surface area contributed by atoms with E-state index in [0.29, 0.717) is 18.4 Å². The summed E-state index contributed by atoms with van der Waals surface area (Å²) < 4.78 is 50.8. The Bertz CT molecular complexity index is 1100. The van der Waals surface area contributed by atoms with E-state index in [1.54, 1.807) is 6.08 Å². The van der Waals surface area contributed by atoms with Gasteiger partial charge in [-0.15, -0.1) is 0 Å². The molecule has 4 rings (SSSR count). The first-order chi connectivity index (χ1) is 16.2. The Morgan fingerprint density at radius 2 is 1.94 bits per heavy atom. The molecular weight excluding hydrogens is 479 g/mol. The smallest absolute Gasteiger partial charge is 0.307 e. The van der Waals surface area contributed by atoms with E-state index in [1.807, 2.05) is 20.8 Å². The topological polar surface area (TPSA) is 135 Å². The first-order valence-corrected chi connectivity index (χ1v) is 13.7. The number of alkyl halides is 1. The van der Waals surface area contributed by atoms with Crippen molar-refractivity contribution in [3.63, 3.8) is 0 Å². The molecule has 0 spiro atoms. The van der Waals surface area contributed by atoms with E-state index in [2.05, 4.69) is 0 Å². The summed E-state index contributed by atoms with van der Waals surface area (Å²) in [4.78, 5) is 37.0. The van der Waals surface area contributed by atoms with Gasteiger partial charge in [0.05, 0.1) is 18.3 Å². The minimum atomic E-state index is -4.32. The zero-order chi connectivity index (χ0) is 25.9. The van der Waals surface area contributed by atoms with Gasteiger partial charge in [0, 0.05) is 17.3 Å². The predicted molar refractivity (Wildman–Crippen MR) is 123 cm³/mol. The van der Waals surface area contributed by atoms with Gasteiger partial charge in [-0.05, 0) is 60.2 Å². The second-order valence-corrected chi connectivity index (χ2v) is 12.8. The van der Waals surface area contributed by atoms with Crippen LogP contribution in [-0.2, 0) is 29.2 Å². The molecule has 35 heavy (non-hydrogen) atoms. The van der Waals surface area contributed by atoms with Crippen LogP contribution in [0.5, 0.6) is 0 Å². The fourth-order valence-corrected chi connectivity index (χ4v) is 8.34. The van der Waals surface area contributed by atoms with Gasteiger partial charge < -0.3 is 9.84 Å². The number of esters is 1. The monoisotopic (exact) mass is 512 g/mol. The highest BCUT2D eigenvalue weighted by molar-refractivity contribution is 7.85. The van der Waals surface area contributed by atoms with Crippen LogP contribution in [0.4, 0.5) is 4.39 Å². The third-order valence-corrected chi connectivity index (χ3v) is 9.82. The van der Waals surface area contributed by atoms with Crippen molar-refractivity contribution in [2.45, 2.75) is 58.7 Å². The molecule has 0 aliphatic heterocycles. The number of carbonyl (C=O) groups is 3. The first-order valence-electron chi connectivity index (χ1n) is 12.1. The maximum absolute atomic E-state index is 15.4. The Kier molecular flexibility index (Phi) is 6.64. The van der Waals surface area contributed by atoms with Crippen molar-refractivity contribution in [2.24, 2.45) is 40.4 Å². The van der Waals surface area contributed by atoms with Gasteiger partial charge in [0.2, 0.25) is 0 Å². The van der Waals surface area contributed by atoms with Crippen molar-refractivity contribution < 1.29 is 41.6 Å². The highest BCUT2D eigenvalue weighted by Crippen LogP contribution is 2.67. The molecule has 0 aromatic rings. The lowest BCUT2D eigenvalue weighted by atomic mass is 9.46. The molecule has 3 fully saturated rings. The van der Waals surface area contributed by atoms with Crippen LogP contribution in [0.2, 0.25) is 0 Å². The molecule has 0 unspecified atom stereocenters. The molecule has 0 amide bonds. The molecule has 0 aromatic carbocycles. The fourth-order valence-electron chi connectivity index (χ4n) is 7.91. The molecule has 4 aliphatic carbocycles. The Hall–Kier alpha value is -1.91. The van der Waals surface area contributed by atoms with Crippen molar-refractivity contribution in [2.75, 3.05) is 12.4 Å². The number of allylic oxidation sites excluding steroid dienone is 4. The van der Waals surface area contributed by atoms with Gasteiger partial charge >= 0.3 is 5.97 Å². The molecule has 9 atom stereocenters. The Labute approximate surface area is 204 Å². The molecule has 2 N–H and O–H groups in total. The lowest BCUT2D eigenvalue weighted by Gasteiger charge is -2.59.